The number of nitrogen functional groups attached to an aromatic ring is 1. The van der Waals surface area contributed by atoms with E-state index in [1.165, 1.54) is 6.07 Å². The molecule has 0 aliphatic heterocycles. The summed E-state index contributed by atoms with van der Waals surface area (Å²) in [6, 6.07) is 5.69. The average Bonchev–Trinajstić information content (AvgIpc) is 2.47. The average molecular weight is 375 g/mol. The highest BCUT2D eigenvalue weighted by molar-refractivity contribution is 7.89. The van der Waals surface area contributed by atoms with Crippen LogP contribution in [0.4, 0.5) is 30.2 Å². The van der Waals surface area contributed by atoms with Crippen molar-refractivity contribution >= 4 is 33.1 Å². The second-order valence-electron chi connectivity index (χ2n) is 4.99. The van der Waals surface area contributed by atoms with Gasteiger partial charge in [0.1, 0.15) is 4.90 Å². The lowest BCUT2D eigenvalue weighted by Crippen LogP contribution is -2.16. The smallest absolute Gasteiger partial charge is 0.416 e. The van der Waals surface area contributed by atoms with Gasteiger partial charge in [-0.3, -0.25) is 0 Å². The van der Waals surface area contributed by atoms with Gasteiger partial charge in [-0.05, 0) is 30.3 Å². The molecule has 0 aliphatic carbocycles. The van der Waals surface area contributed by atoms with Gasteiger partial charge in [0.25, 0.3) is 0 Å². The monoisotopic (exact) mass is 375 g/mol. The number of nitrogens with one attached hydrogen (secondary N) is 1. The van der Waals surface area contributed by atoms with Crippen LogP contribution in [0.15, 0.2) is 41.3 Å². The fourth-order valence-corrected chi connectivity index (χ4v) is 2.78. The summed E-state index contributed by atoms with van der Waals surface area (Å²) >= 11 is 0. The highest BCUT2D eigenvalue weighted by Crippen LogP contribution is 2.34. The number of carboxylic acid groups (broad SMARTS) is 1. The number of hydrogen-bond donors (Lipinski definition) is 4. The largest absolute Gasteiger partial charge is 0.478 e. The normalized spacial score (nSPS) is 12.0. The maximum Gasteiger partial charge on any atom is 0.416 e. The molecule has 0 aliphatic rings. The van der Waals surface area contributed by atoms with Crippen molar-refractivity contribution in [2.75, 3.05) is 11.1 Å². The molecule has 134 valence electrons. The molecule has 11 heteroatoms. The van der Waals surface area contributed by atoms with Gasteiger partial charge in [-0.25, -0.2) is 18.4 Å². The highest BCUT2D eigenvalue weighted by atomic mass is 32.2. The van der Waals surface area contributed by atoms with Gasteiger partial charge >= 0.3 is 12.1 Å². The van der Waals surface area contributed by atoms with Crippen LogP contribution in [-0.4, -0.2) is 19.5 Å². The topological polar surface area (TPSA) is 136 Å². The lowest BCUT2D eigenvalue weighted by molar-refractivity contribution is -0.137. The van der Waals surface area contributed by atoms with Gasteiger partial charge in [-0.2, -0.15) is 13.2 Å². The third kappa shape index (κ3) is 4.19. The summed E-state index contributed by atoms with van der Waals surface area (Å²) in [4.78, 5) is 10.4. The minimum Gasteiger partial charge on any atom is -0.478 e. The van der Waals surface area contributed by atoms with Crippen molar-refractivity contribution in [3.63, 3.8) is 0 Å². The third-order valence-electron chi connectivity index (χ3n) is 3.15. The van der Waals surface area contributed by atoms with Crippen molar-refractivity contribution in [3.8, 4) is 0 Å². The van der Waals surface area contributed by atoms with Crippen molar-refractivity contribution in [3.05, 3.63) is 47.5 Å². The van der Waals surface area contributed by atoms with E-state index in [1.807, 2.05) is 0 Å². The minimum atomic E-state index is -4.60. The Balaban J connectivity index is 2.59. The molecule has 2 aromatic carbocycles. The maximum absolute atomic E-state index is 12.8. The van der Waals surface area contributed by atoms with E-state index in [1.54, 1.807) is 0 Å². The zero-order valence-electron chi connectivity index (χ0n) is 12.3. The Labute approximate surface area is 140 Å². The molecule has 2 aromatic rings. The molecule has 0 saturated carbocycles. The quantitative estimate of drug-likeness (QED) is 0.606. The van der Waals surface area contributed by atoms with Gasteiger partial charge in [-0.1, -0.05) is 6.07 Å². The molecule has 2 rings (SSSR count). The van der Waals surface area contributed by atoms with E-state index in [0.717, 1.165) is 30.3 Å². The van der Waals surface area contributed by atoms with Gasteiger partial charge in [-0.15, -0.1) is 0 Å². The van der Waals surface area contributed by atoms with Crippen molar-refractivity contribution < 1.29 is 31.5 Å². The van der Waals surface area contributed by atoms with E-state index < -0.39 is 38.2 Å². The summed E-state index contributed by atoms with van der Waals surface area (Å²) in [5.74, 6) is -1.44. The second kappa shape index (κ2) is 6.26. The lowest BCUT2D eigenvalue weighted by Gasteiger charge is -2.15. The molecule has 7 nitrogen and oxygen atoms in total. The first-order valence-electron chi connectivity index (χ1n) is 6.53. The standard InChI is InChI=1S/C14H12F3N3O4S/c15-14(16,17)8-2-1-3-9(6-8)20-12-10(18)4-7(13(21)22)5-11(12)25(19,23)24/h1-6,20H,18H2,(H,21,22)(H2,19,23,24). The Bertz CT molecular complexity index is 943. The first kappa shape index (κ1) is 18.5. The van der Waals surface area contributed by atoms with E-state index in [0.29, 0.717) is 0 Å². The maximum atomic E-state index is 12.8. The predicted molar refractivity (Wildman–Crippen MR) is 83.9 cm³/mol. The molecule has 0 spiro atoms. The predicted octanol–water partition coefficient (Wildman–Crippen LogP) is 2.38. The van der Waals surface area contributed by atoms with Crippen molar-refractivity contribution in [1.29, 1.82) is 0 Å². The summed E-state index contributed by atoms with van der Waals surface area (Å²) in [5.41, 5.74) is 3.54. The fraction of sp³-hybridized carbons (Fsp3) is 0.0714. The Morgan fingerprint density at radius 2 is 1.80 bits per heavy atom. The Hall–Kier alpha value is -2.79. The van der Waals surface area contributed by atoms with E-state index in [-0.39, 0.29) is 17.1 Å². The first-order chi connectivity index (χ1) is 11.4. The van der Waals surface area contributed by atoms with Crippen LogP contribution in [0.1, 0.15) is 15.9 Å². The minimum absolute atomic E-state index is 0.102. The van der Waals surface area contributed by atoms with Crippen LogP contribution in [0.5, 0.6) is 0 Å². The van der Waals surface area contributed by atoms with Crippen LogP contribution in [0.2, 0.25) is 0 Å². The van der Waals surface area contributed by atoms with Crippen LogP contribution < -0.4 is 16.2 Å². The van der Waals surface area contributed by atoms with Crippen LogP contribution in [0.3, 0.4) is 0 Å². The zero-order valence-corrected chi connectivity index (χ0v) is 13.1. The zero-order chi connectivity index (χ0) is 19.0. The van der Waals surface area contributed by atoms with Crippen molar-refractivity contribution in [2.24, 2.45) is 5.14 Å². The number of alkyl halides is 3. The third-order valence-corrected chi connectivity index (χ3v) is 4.08. The first-order valence-corrected chi connectivity index (χ1v) is 8.08. The molecule has 25 heavy (non-hydrogen) atoms. The van der Waals surface area contributed by atoms with Crippen molar-refractivity contribution in [1.82, 2.24) is 0 Å². The summed E-state index contributed by atoms with van der Waals surface area (Å²) < 4.78 is 61.7. The van der Waals surface area contributed by atoms with Crippen LogP contribution >= 0.6 is 0 Å². The summed E-state index contributed by atoms with van der Waals surface area (Å²) in [5, 5.41) is 16.5. The second-order valence-corrected chi connectivity index (χ2v) is 6.52. The van der Waals surface area contributed by atoms with Crippen molar-refractivity contribution in [2.45, 2.75) is 11.1 Å². The number of rotatable bonds is 4. The van der Waals surface area contributed by atoms with Gasteiger partial charge in [0, 0.05) is 5.69 Å². The number of anilines is 3. The number of halogens is 3. The number of hydrogen-bond acceptors (Lipinski definition) is 5. The number of benzene rings is 2. The molecule has 0 unspecified atom stereocenters. The van der Waals surface area contributed by atoms with E-state index in [9.17, 15) is 26.4 Å². The summed E-state index contributed by atoms with van der Waals surface area (Å²) in [6.07, 6.45) is -4.60. The number of aromatic carboxylic acids is 1. The Morgan fingerprint density at radius 3 is 2.32 bits per heavy atom. The SMILES string of the molecule is Nc1cc(C(=O)O)cc(S(N)(=O)=O)c1Nc1cccc(C(F)(F)F)c1. The number of carbonyl (C=O) groups is 1. The number of primary sulfonamides is 1. The molecule has 0 aromatic heterocycles. The Morgan fingerprint density at radius 1 is 1.16 bits per heavy atom. The number of nitrogens with two attached hydrogens (primary N) is 2. The van der Waals surface area contributed by atoms with Gasteiger partial charge < -0.3 is 16.2 Å². The molecule has 0 bridgehead atoms. The van der Waals surface area contributed by atoms with E-state index in [4.69, 9.17) is 16.0 Å². The lowest BCUT2D eigenvalue weighted by atomic mass is 10.1. The fourth-order valence-electron chi connectivity index (χ4n) is 2.04. The van der Waals surface area contributed by atoms with E-state index >= 15 is 0 Å². The van der Waals surface area contributed by atoms with E-state index in [2.05, 4.69) is 5.32 Å². The van der Waals surface area contributed by atoms with Crippen LogP contribution in [0.25, 0.3) is 0 Å². The molecular formula is C14H12F3N3O4S. The summed E-state index contributed by atoms with van der Waals surface area (Å²) in [6.45, 7) is 0. The molecule has 0 heterocycles. The molecule has 0 amide bonds. The molecule has 0 saturated heterocycles. The highest BCUT2D eigenvalue weighted by Gasteiger charge is 2.30. The number of sulfonamides is 1. The Kier molecular flexibility index (Phi) is 4.64. The number of carboxylic acids is 1. The van der Waals surface area contributed by atoms with Crippen LogP contribution in [-0.2, 0) is 16.2 Å². The molecular weight excluding hydrogens is 363 g/mol. The molecule has 0 atom stereocenters. The molecule has 0 radical (unpaired) electrons. The van der Waals surface area contributed by atoms with Crippen LogP contribution in [0, 0.1) is 0 Å². The van der Waals surface area contributed by atoms with Gasteiger partial charge in [0.2, 0.25) is 10.0 Å². The molecule has 6 N–H and O–H groups in total. The van der Waals surface area contributed by atoms with Gasteiger partial charge in [0.05, 0.1) is 22.5 Å². The molecule has 0 fully saturated rings. The van der Waals surface area contributed by atoms with Gasteiger partial charge in [0.15, 0.2) is 0 Å². The summed E-state index contributed by atoms with van der Waals surface area (Å²) in [7, 11) is -4.40.